The third-order valence-corrected chi connectivity index (χ3v) is 4.24. The first-order valence-electron chi connectivity index (χ1n) is 6.06. The molecule has 0 unspecified atom stereocenters. The van der Waals surface area contributed by atoms with Gasteiger partial charge in [-0.3, -0.25) is 0 Å². The topological polar surface area (TPSA) is 43.4 Å². The Morgan fingerprint density at radius 2 is 1.86 bits per heavy atom. The maximum Gasteiger partial charge on any atom is 0.219 e. The molecule has 1 N–H and O–H groups in total. The van der Waals surface area contributed by atoms with Crippen molar-refractivity contribution in [2.45, 2.75) is 6.54 Å². The fourth-order valence-corrected chi connectivity index (χ4v) is 2.73. The Morgan fingerprint density at radius 1 is 1.19 bits per heavy atom. The number of nitrogens with zero attached hydrogens (tertiary/aromatic N) is 1. The van der Waals surface area contributed by atoms with E-state index < -0.39 is 0 Å². The van der Waals surface area contributed by atoms with Crippen LogP contribution in [-0.4, -0.2) is 19.1 Å². The summed E-state index contributed by atoms with van der Waals surface area (Å²) in [5, 5.41) is 3.62. The summed E-state index contributed by atoms with van der Waals surface area (Å²) in [5.41, 5.74) is 0.736. The molecule has 0 amide bonds. The summed E-state index contributed by atoms with van der Waals surface area (Å²) < 4.78 is 12.6. The summed E-state index contributed by atoms with van der Waals surface area (Å²) in [6.45, 7) is 0.573. The molecule has 0 aliphatic carbocycles. The zero-order valence-electron chi connectivity index (χ0n) is 11.4. The van der Waals surface area contributed by atoms with Gasteiger partial charge in [0.05, 0.1) is 26.8 Å². The SMILES string of the molecule is CNCc1nc(Oc2cc(Br)c(OC)cc2Br)ccc1Cl. The van der Waals surface area contributed by atoms with Crippen LogP contribution in [0.5, 0.6) is 17.4 Å². The fraction of sp³-hybridized carbons (Fsp3) is 0.214. The van der Waals surface area contributed by atoms with Crippen LogP contribution in [0.1, 0.15) is 5.69 Å². The predicted molar refractivity (Wildman–Crippen MR) is 90.5 cm³/mol. The zero-order valence-corrected chi connectivity index (χ0v) is 15.3. The molecule has 7 heteroatoms. The molecule has 0 aliphatic rings. The van der Waals surface area contributed by atoms with Crippen molar-refractivity contribution < 1.29 is 9.47 Å². The normalized spacial score (nSPS) is 10.5. The molecule has 0 fully saturated rings. The Balaban J connectivity index is 2.30. The highest BCUT2D eigenvalue weighted by molar-refractivity contribution is 9.11. The Morgan fingerprint density at radius 3 is 2.52 bits per heavy atom. The Labute approximate surface area is 145 Å². The van der Waals surface area contributed by atoms with Crippen molar-refractivity contribution >= 4 is 43.5 Å². The molecule has 21 heavy (non-hydrogen) atoms. The predicted octanol–water partition coefficient (Wildman–Crippen LogP) is 4.78. The van der Waals surface area contributed by atoms with Gasteiger partial charge >= 0.3 is 0 Å². The second-order valence-corrected chi connectivity index (χ2v) is 6.24. The standard InChI is InChI=1S/C14H13Br2ClN2O2/c1-18-7-11-10(17)3-4-14(19-11)21-13-6-8(15)12(20-2)5-9(13)16/h3-6,18H,7H2,1-2H3. The van der Waals surface area contributed by atoms with E-state index in [4.69, 9.17) is 21.1 Å². The molecule has 0 saturated heterocycles. The van der Waals surface area contributed by atoms with Gasteiger partial charge in [-0.05, 0) is 57.1 Å². The largest absolute Gasteiger partial charge is 0.496 e. The molecule has 0 aliphatic heterocycles. The van der Waals surface area contributed by atoms with Crippen LogP contribution in [0.25, 0.3) is 0 Å². The van der Waals surface area contributed by atoms with Gasteiger partial charge in [0.15, 0.2) is 0 Å². The minimum Gasteiger partial charge on any atom is -0.496 e. The number of halogens is 3. The van der Waals surface area contributed by atoms with Gasteiger partial charge in [0, 0.05) is 12.6 Å². The highest BCUT2D eigenvalue weighted by atomic mass is 79.9. The van der Waals surface area contributed by atoms with Crippen LogP contribution in [0.15, 0.2) is 33.2 Å². The van der Waals surface area contributed by atoms with E-state index in [0.29, 0.717) is 28.9 Å². The molecular formula is C14H13Br2ClN2O2. The van der Waals surface area contributed by atoms with E-state index in [1.807, 2.05) is 19.2 Å². The van der Waals surface area contributed by atoms with E-state index in [1.165, 1.54) is 0 Å². The molecule has 0 saturated carbocycles. The van der Waals surface area contributed by atoms with Gasteiger partial charge in [-0.15, -0.1) is 0 Å². The maximum absolute atomic E-state index is 6.08. The highest BCUT2D eigenvalue weighted by Gasteiger charge is 2.11. The molecule has 0 spiro atoms. The molecule has 112 valence electrons. The molecule has 1 aromatic carbocycles. The van der Waals surface area contributed by atoms with Gasteiger partial charge in [-0.1, -0.05) is 11.6 Å². The van der Waals surface area contributed by atoms with Crippen molar-refractivity contribution in [1.29, 1.82) is 0 Å². The monoisotopic (exact) mass is 434 g/mol. The quantitative estimate of drug-likeness (QED) is 0.733. The third-order valence-electron chi connectivity index (χ3n) is 2.66. The molecule has 1 aromatic heterocycles. The van der Waals surface area contributed by atoms with E-state index in [0.717, 1.165) is 14.6 Å². The van der Waals surface area contributed by atoms with Crippen molar-refractivity contribution in [2.24, 2.45) is 0 Å². The zero-order chi connectivity index (χ0) is 15.4. The molecule has 2 aromatic rings. The van der Waals surface area contributed by atoms with Crippen molar-refractivity contribution in [3.63, 3.8) is 0 Å². The van der Waals surface area contributed by atoms with E-state index in [-0.39, 0.29) is 0 Å². The van der Waals surface area contributed by atoms with E-state index in [9.17, 15) is 0 Å². The van der Waals surface area contributed by atoms with Crippen LogP contribution >= 0.6 is 43.5 Å². The minimum absolute atomic E-state index is 0.474. The number of ether oxygens (including phenoxy) is 2. The molecule has 0 bridgehead atoms. The minimum atomic E-state index is 0.474. The summed E-state index contributed by atoms with van der Waals surface area (Å²) in [4.78, 5) is 4.39. The number of rotatable bonds is 5. The van der Waals surface area contributed by atoms with E-state index in [2.05, 4.69) is 42.2 Å². The summed E-state index contributed by atoms with van der Waals surface area (Å²) in [6, 6.07) is 7.13. The van der Waals surface area contributed by atoms with Crippen LogP contribution in [0.3, 0.4) is 0 Å². The number of nitrogens with one attached hydrogen (secondary N) is 1. The first kappa shape index (κ1) is 16.5. The van der Waals surface area contributed by atoms with Gasteiger partial charge in [-0.25, -0.2) is 4.98 Å². The van der Waals surface area contributed by atoms with Gasteiger partial charge in [-0.2, -0.15) is 0 Å². The van der Waals surface area contributed by atoms with Crippen LogP contribution < -0.4 is 14.8 Å². The summed E-state index contributed by atoms with van der Waals surface area (Å²) in [7, 11) is 3.44. The van der Waals surface area contributed by atoms with Gasteiger partial charge in [0.2, 0.25) is 5.88 Å². The average Bonchev–Trinajstić information content (AvgIpc) is 2.46. The van der Waals surface area contributed by atoms with E-state index >= 15 is 0 Å². The lowest BCUT2D eigenvalue weighted by molar-refractivity contribution is 0.408. The number of pyridine rings is 1. The van der Waals surface area contributed by atoms with Gasteiger partial charge < -0.3 is 14.8 Å². The average molecular weight is 437 g/mol. The molecule has 1 heterocycles. The molecule has 0 atom stereocenters. The lowest BCUT2D eigenvalue weighted by Crippen LogP contribution is -2.08. The highest BCUT2D eigenvalue weighted by Crippen LogP contribution is 2.38. The Kier molecular flexibility index (Phi) is 5.87. The Hall–Kier alpha value is -0.820. The number of benzene rings is 1. The van der Waals surface area contributed by atoms with Crippen molar-refractivity contribution in [3.05, 3.63) is 43.9 Å². The molecule has 2 rings (SSSR count). The van der Waals surface area contributed by atoms with Crippen LogP contribution in [0.2, 0.25) is 5.02 Å². The van der Waals surface area contributed by atoms with Crippen LogP contribution in [0, 0.1) is 0 Å². The van der Waals surface area contributed by atoms with Crippen molar-refractivity contribution in [2.75, 3.05) is 14.2 Å². The van der Waals surface area contributed by atoms with Crippen molar-refractivity contribution in [1.82, 2.24) is 10.3 Å². The lowest BCUT2D eigenvalue weighted by atomic mass is 10.3. The smallest absolute Gasteiger partial charge is 0.219 e. The molecular weight excluding hydrogens is 423 g/mol. The van der Waals surface area contributed by atoms with Gasteiger partial charge in [0.1, 0.15) is 11.5 Å². The first-order valence-corrected chi connectivity index (χ1v) is 8.02. The number of hydrogen-bond acceptors (Lipinski definition) is 4. The van der Waals surface area contributed by atoms with Crippen molar-refractivity contribution in [3.8, 4) is 17.4 Å². The number of methoxy groups -OCH3 is 1. The summed E-state index contributed by atoms with van der Waals surface area (Å²) in [5.74, 6) is 1.82. The third kappa shape index (κ3) is 4.10. The maximum atomic E-state index is 6.08. The second-order valence-electron chi connectivity index (χ2n) is 4.13. The second kappa shape index (κ2) is 7.45. The van der Waals surface area contributed by atoms with Gasteiger partial charge in [0.25, 0.3) is 0 Å². The van der Waals surface area contributed by atoms with Crippen LogP contribution in [0.4, 0.5) is 0 Å². The molecule has 4 nitrogen and oxygen atoms in total. The first-order chi connectivity index (χ1) is 10.0. The fourth-order valence-electron chi connectivity index (χ4n) is 1.67. The Bertz CT molecular complexity index is 653. The number of aromatic nitrogens is 1. The lowest BCUT2D eigenvalue weighted by Gasteiger charge is -2.11. The van der Waals surface area contributed by atoms with Crippen LogP contribution in [-0.2, 0) is 6.54 Å². The number of hydrogen-bond donors (Lipinski definition) is 1. The van der Waals surface area contributed by atoms with E-state index in [1.54, 1.807) is 19.2 Å². The molecule has 0 radical (unpaired) electrons. The summed E-state index contributed by atoms with van der Waals surface area (Å²) in [6.07, 6.45) is 0. The summed E-state index contributed by atoms with van der Waals surface area (Å²) >= 11 is 13.0.